The molecule has 0 radical (unpaired) electrons. The van der Waals surface area contributed by atoms with Crippen LogP contribution in [0.4, 0.5) is 0 Å². The highest BCUT2D eigenvalue weighted by Gasteiger charge is 2.25. The quantitative estimate of drug-likeness (QED) is 0.857. The summed E-state index contributed by atoms with van der Waals surface area (Å²) in [7, 11) is 0. The molecule has 1 aromatic rings. The fourth-order valence-corrected chi connectivity index (χ4v) is 2.53. The Morgan fingerprint density at radius 2 is 2.11 bits per heavy atom. The molecule has 1 aromatic carbocycles. The van der Waals surface area contributed by atoms with Gasteiger partial charge in [-0.3, -0.25) is 4.79 Å². The molecule has 2 N–H and O–H groups in total. The van der Waals surface area contributed by atoms with Crippen molar-refractivity contribution in [2.45, 2.75) is 19.4 Å². The van der Waals surface area contributed by atoms with E-state index >= 15 is 0 Å². The van der Waals surface area contributed by atoms with Crippen LogP contribution in [0.2, 0.25) is 0 Å². The maximum absolute atomic E-state index is 11.2. The lowest BCUT2D eigenvalue weighted by Crippen LogP contribution is -2.36. The van der Waals surface area contributed by atoms with Crippen molar-refractivity contribution in [1.29, 1.82) is 0 Å². The fraction of sp³-hybridized carbons (Fsp3) is 0.533. The molecule has 1 fully saturated rings. The lowest BCUT2D eigenvalue weighted by Gasteiger charge is -2.23. The Morgan fingerprint density at radius 1 is 1.37 bits per heavy atom. The second kappa shape index (κ2) is 6.68. The first kappa shape index (κ1) is 14.0. The molecule has 2 rings (SSSR count). The van der Waals surface area contributed by atoms with E-state index in [-0.39, 0.29) is 5.92 Å². The van der Waals surface area contributed by atoms with Gasteiger partial charge in [-0.15, -0.1) is 0 Å². The highest BCUT2D eigenvalue weighted by molar-refractivity contribution is 5.70. The lowest BCUT2D eigenvalue weighted by molar-refractivity contribution is -0.141. The van der Waals surface area contributed by atoms with Crippen molar-refractivity contribution in [3.05, 3.63) is 35.9 Å². The summed E-state index contributed by atoms with van der Waals surface area (Å²) in [5.74, 6) is -1.01. The molecule has 0 saturated carbocycles. The van der Waals surface area contributed by atoms with E-state index in [2.05, 4.69) is 29.3 Å². The Hall–Kier alpha value is -1.39. The van der Waals surface area contributed by atoms with E-state index in [9.17, 15) is 9.90 Å². The van der Waals surface area contributed by atoms with Crippen LogP contribution in [0.3, 0.4) is 0 Å². The third-order valence-corrected chi connectivity index (χ3v) is 3.63. The lowest BCUT2D eigenvalue weighted by atomic mass is 10.1. The molecule has 0 aliphatic carbocycles. The van der Waals surface area contributed by atoms with Crippen molar-refractivity contribution < 1.29 is 9.90 Å². The number of rotatable bonds is 4. The normalized spacial score (nSPS) is 24.9. The second-order valence-electron chi connectivity index (χ2n) is 5.34. The molecular formula is C15H22N2O2. The van der Waals surface area contributed by atoms with Crippen LogP contribution in [0.5, 0.6) is 0 Å². The van der Waals surface area contributed by atoms with Crippen molar-refractivity contribution in [2.24, 2.45) is 5.92 Å². The fourth-order valence-electron chi connectivity index (χ4n) is 2.53. The van der Waals surface area contributed by atoms with E-state index < -0.39 is 5.97 Å². The average Bonchev–Trinajstić information content (AvgIpc) is 2.59. The van der Waals surface area contributed by atoms with Gasteiger partial charge in [-0.25, -0.2) is 0 Å². The number of carboxylic acids is 1. The SMILES string of the molecule is CC1CN(CCc2ccccc2)CC(C(=O)O)CN1. The first-order valence-electron chi connectivity index (χ1n) is 6.87. The Bertz CT molecular complexity index is 408. The predicted molar refractivity (Wildman–Crippen MR) is 75.2 cm³/mol. The van der Waals surface area contributed by atoms with Gasteiger partial charge in [-0.05, 0) is 18.9 Å². The molecule has 2 unspecified atom stereocenters. The van der Waals surface area contributed by atoms with Gasteiger partial charge in [0.1, 0.15) is 0 Å². The van der Waals surface area contributed by atoms with E-state index in [1.807, 2.05) is 18.2 Å². The molecular weight excluding hydrogens is 240 g/mol. The van der Waals surface area contributed by atoms with Gasteiger partial charge < -0.3 is 15.3 Å². The van der Waals surface area contributed by atoms with E-state index in [4.69, 9.17) is 0 Å². The molecule has 19 heavy (non-hydrogen) atoms. The maximum Gasteiger partial charge on any atom is 0.309 e. The zero-order chi connectivity index (χ0) is 13.7. The van der Waals surface area contributed by atoms with Gasteiger partial charge in [-0.2, -0.15) is 0 Å². The Balaban J connectivity index is 1.91. The van der Waals surface area contributed by atoms with Crippen LogP contribution in [0.15, 0.2) is 30.3 Å². The molecule has 0 aromatic heterocycles. The largest absolute Gasteiger partial charge is 0.481 e. The molecule has 104 valence electrons. The monoisotopic (exact) mass is 262 g/mol. The number of carboxylic acid groups (broad SMARTS) is 1. The van der Waals surface area contributed by atoms with Crippen molar-refractivity contribution >= 4 is 5.97 Å². The minimum Gasteiger partial charge on any atom is -0.481 e. The minimum absolute atomic E-state index is 0.305. The summed E-state index contributed by atoms with van der Waals surface area (Å²) in [5, 5.41) is 12.5. The first-order valence-corrected chi connectivity index (χ1v) is 6.87. The number of benzene rings is 1. The summed E-state index contributed by atoms with van der Waals surface area (Å²) in [4.78, 5) is 13.4. The van der Waals surface area contributed by atoms with Gasteiger partial charge in [0.05, 0.1) is 5.92 Å². The van der Waals surface area contributed by atoms with Gasteiger partial charge in [0.25, 0.3) is 0 Å². The number of nitrogens with one attached hydrogen (secondary N) is 1. The molecule has 0 amide bonds. The van der Waals surface area contributed by atoms with Crippen molar-refractivity contribution in [3.8, 4) is 0 Å². The average molecular weight is 262 g/mol. The molecule has 0 bridgehead atoms. The standard InChI is InChI=1S/C15H22N2O2/c1-12-10-17(11-14(9-16-12)15(18)19)8-7-13-5-3-2-4-6-13/h2-6,12,14,16H,7-11H2,1H3,(H,18,19). The topological polar surface area (TPSA) is 52.6 Å². The minimum atomic E-state index is -0.702. The van der Waals surface area contributed by atoms with Crippen LogP contribution in [0.25, 0.3) is 0 Å². The highest BCUT2D eigenvalue weighted by Crippen LogP contribution is 2.09. The number of hydrogen-bond acceptors (Lipinski definition) is 3. The summed E-state index contributed by atoms with van der Waals surface area (Å²) < 4.78 is 0. The van der Waals surface area contributed by atoms with Crippen molar-refractivity contribution in [1.82, 2.24) is 10.2 Å². The summed E-state index contributed by atoms with van der Waals surface area (Å²) in [6.07, 6.45) is 0.972. The van der Waals surface area contributed by atoms with Gasteiger partial charge >= 0.3 is 5.97 Å². The third-order valence-electron chi connectivity index (χ3n) is 3.63. The van der Waals surface area contributed by atoms with Gasteiger partial charge in [-0.1, -0.05) is 30.3 Å². The van der Waals surface area contributed by atoms with Crippen LogP contribution < -0.4 is 5.32 Å². The third kappa shape index (κ3) is 4.33. The summed E-state index contributed by atoms with van der Waals surface area (Å²) in [6.45, 7) is 5.15. The summed E-state index contributed by atoms with van der Waals surface area (Å²) in [5.41, 5.74) is 1.30. The molecule has 4 nitrogen and oxygen atoms in total. The van der Waals surface area contributed by atoms with E-state index in [0.29, 0.717) is 19.1 Å². The molecule has 2 atom stereocenters. The molecule has 1 aliphatic rings. The van der Waals surface area contributed by atoms with Gasteiger partial charge in [0.15, 0.2) is 0 Å². The molecule has 1 heterocycles. The second-order valence-corrected chi connectivity index (χ2v) is 5.34. The van der Waals surface area contributed by atoms with Crippen LogP contribution in [-0.4, -0.2) is 48.2 Å². The Kier molecular flexibility index (Phi) is 4.93. The predicted octanol–water partition coefficient (Wildman–Crippen LogP) is 1.22. The van der Waals surface area contributed by atoms with E-state index in [0.717, 1.165) is 19.5 Å². The zero-order valence-corrected chi connectivity index (χ0v) is 11.4. The van der Waals surface area contributed by atoms with Crippen molar-refractivity contribution in [2.75, 3.05) is 26.2 Å². The van der Waals surface area contributed by atoms with Crippen LogP contribution in [-0.2, 0) is 11.2 Å². The Morgan fingerprint density at radius 3 is 2.79 bits per heavy atom. The van der Waals surface area contributed by atoms with Crippen LogP contribution in [0, 0.1) is 5.92 Å². The molecule has 1 saturated heterocycles. The summed E-state index contributed by atoms with van der Waals surface area (Å²) >= 11 is 0. The smallest absolute Gasteiger partial charge is 0.309 e. The van der Waals surface area contributed by atoms with Crippen LogP contribution in [0.1, 0.15) is 12.5 Å². The molecule has 4 heteroatoms. The van der Waals surface area contributed by atoms with E-state index in [1.165, 1.54) is 5.56 Å². The van der Waals surface area contributed by atoms with E-state index in [1.54, 1.807) is 0 Å². The number of hydrogen-bond donors (Lipinski definition) is 2. The number of carbonyl (C=O) groups is 1. The Labute approximate surface area is 114 Å². The van der Waals surface area contributed by atoms with Crippen LogP contribution >= 0.6 is 0 Å². The number of aliphatic carboxylic acids is 1. The zero-order valence-electron chi connectivity index (χ0n) is 11.4. The highest BCUT2D eigenvalue weighted by atomic mass is 16.4. The van der Waals surface area contributed by atoms with Gasteiger partial charge in [0, 0.05) is 32.2 Å². The molecule has 0 spiro atoms. The first-order chi connectivity index (χ1) is 9.15. The maximum atomic E-state index is 11.2. The number of nitrogens with zero attached hydrogens (tertiary/aromatic N) is 1. The summed E-state index contributed by atoms with van der Waals surface area (Å²) in [6, 6.07) is 10.7. The van der Waals surface area contributed by atoms with Crippen molar-refractivity contribution in [3.63, 3.8) is 0 Å². The van der Waals surface area contributed by atoms with Gasteiger partial charge in [0.2, 0.25) is 0 Å². The molecule has 1 aliphatic heterocycles.